The maximum Gasteiger partial charge on any atom is 0.249 e. The lowest BCUT2D eigenvalue weighted by molar-refractivity contribution is -0.119. The Labute approximate surface area is 302 Å². The zero-order valence-corrected chi connectivity index (χ0v) is 30.0. The summed E-state index contributed by atoms with van der Waals surface area (Å²) in [6, 6.07) is 12.8. The van der Waals surface area contributed by atoms with Gasteiger partial charge in [-0.25, -0.2) is 34.8 Å². The Hall–Kier alpha value is -3.95. The molecule has 1 aliphatic rings. The molecule has 0 bridgehead atoms. The van der Waals surface area contributed by atoms with Crippen LogP contribution in [0.25, 0.3) is 0 Å². The fourth-order valence-corrected chi connectivity index (χ4v) is 7.48. The van der Waals surface area contributed by atoms with Crippen LogP contribution in [0.1, 0.15) is 79.2 Å². The van der Waals surface area contributed by atoms with Gasteiger partial charge in [0.05, 0.1) is 13.1 Å². The van der Waals surface area contributed by atoms with E-state index in [4.69, 9.17) is 11.6 Å². The second-order valence-electron chi connectivity index (χ2n) is 13.8. The number of hydrogen-bond acceptors (Lipinski definition) is 5. The Bertz CT molecular complexity index is 2130. The minimum atomic E-state index is -5.73. The molecular formula is C37H35ClF6N2O5S. The predicted octanol–water partition coefficient (Wildman–Crippen LogP) is 8.07. The van der Waals surface area contributed by atoms with Gasteiger partial charge in [-0.3, -0.25) is 4.79 Å². The summed E-state index contributed by atoms with van der Waals surface area (Å²) in [5.41, 5.74) is 2.80. The number of amides is 1. The number of carbonyl (C=O) groups is 1. The molecule has 7 nitrogen and oxygen atoms in total. The highest BCUT2D eigenvalue weighted by Gasteiger charge is 2.39. The average molecular weight is 769 g/mol. The number of aliphatic hydroxyl groups excluding tert-OH is 1. The van der Waals surface area contributed by atoms with Crippen molar-refractivity contribution in [2.45, 2.75) is 76.1 Å². The first-order valence-corrected chi connectivity index (χ1v) is 17.9. The summed E-state index contributed by atoms with van der Waals surface area (Å²) in [6.07, 6.45) is 0.0794. The molecule has 0 heterocycles. The van der Waals surface area contributed by atoms with E-state index in [1.807, 2.05) is 32.9 Å². The number of sulfonamides is 1. The minimum absolute atomic E-state index is 0.0841. The van der Waals surface area contributed by atoms with Crippen LogP contribution in [0.4, 0.5) is 32.0 Å². The maximum atomic E-state index is 15.0. The third-order valence-corrected chi connectivity index (χ3v) is 11.0. The van der Waals surface area contributed by atoms with Crippen molar-refractivity contribution in [2.75, 3.05) is 11.4 Å². The van der Waals surface area contributed by atoms with E-state index in [2.05, 4.69) is 6.07 Å². The van der Waals surface area contributed by atoms with Crippen LogP contribution in [0.3, 0.4) is 0 Å². The Morgan fingerprint density at radius 1 is 0.865 bits per heavy atom. The van der Waals surface area contributed by atoms with Gasteiger partial charge in [0.1, 0.15) is 5.82 Å². The highest BCUT2D eigenvalue weighted by Crippen LogP contribution is 2.42. The summed E-state index contributed by atoms with van der Waals surface area (Å²) in [4.78, 5) is 13.4. The Morgan fingerprint density at radius 2 is 1.48 bits per heavy atom. The van der Waals surface area contributed by atoms with E-state index in [1.165, 1.54) is 23.1 Å². The van der Waals surface area contributed by atoms with Crippen LogP contribution in [0, 0.1) is 41.8 Å². The Kier molecular flexibility index (Phi) is 11.2. The minimum Gasteiger partial charge on any atom is -0.364 e. The SMILES string of the molecule is Cc1cc(C(O)O)ccc1N(Cc1cc(C2CC2)cc(C(C)(C)C)c1)C(=O)CN(Cc1ccc(F)cc1Cl)S(=O)(=O)c1c(F)c(F)c(F)c(F)c1F. The lowest BCUT2D eigenvalue weighted by Gasteiger charge is -2.30. The van der Waals surface area contributed by atoms with Crippen molar-refractivity contribution in [1.29, 1.82) is 0 Å². The highest BCUT2D eigenvalue weighted by atomic mass is 35.5. The third-order valence-electron chi connectivity index (χ3n) is 8.82. The zero-order chi connectivity index (χ0) is 38.4. The molecule has 4 aromatic carbocycles. The predicted molar refractivity (Wildman–Crippen MR) is 182 cm³/mol. The molecule has 1 aliphatic carbocycles. The lowest BCUT2D eigenvalue weighted by atomic mass is 9.84. The molecule has 1 fully saturated rings. The molecule has 0 radical (unpaired) electrons. The van der Waals surface area contributed by atoms with Crippen molar-refractivity contribution in [2.24, 2.45) is 0 Å². The Morgan fingerprint density at radius 3 is 2.02 bits per heavy atom. The topological polar surface area (TPSA) is 98.2 Å². The number of nitrogens with zero attached hydrogens (tertiary/aromatic N) is 2. The number of aryl methyl sites for hydroxylation is 1. The van der Waals surface area contributed by atoms with Crippen LogP contribution in [-0.4, -0.2) is 35.4 Å². The summed E-state index contributed by atoms with van der Waals surface area (Å²) < 4.78 is 115. The second kappa shape index (κ2) is 14.8. The molecule has 0 spiro atoms. The number of carbonyl (C=O) groups excluding carboxylic acids is 1. The molecule has 52 heavy (non-hydrogen) atoms. The van der Waals surface area contributed by atoms with E-state index < -0.39 is 75.1 Å². The first-order chi connectivity index (χ1) is 24.2. The van der Waals surface area contributed by atoms with Gasteiger partial charge >= 0.3 is 0 Å². The molecule has 1 saturated carbocycles. The highest BCUT2D eigenvalue weighted by molar-refractivity contribution is 7.89. The maximum absolute atomic E-state index is 15.0. The number of anilines is 1. The van der Waals surface area contributed by atoms with Gasteiger partial charge < -0.3 is 15.1 Å². The molecule has 278 valence electrons. The van der Waals surface area contributed by atoms with Crippen LogP contribution in [0.15, 0.2) is 59.5 Å². The molecule has 2 N–H and O–H groups in total. The molecule has 4 aromatic rings. The summed E-state index contributed by atoms with van der Waals surface area (Å²) in [6.45, 7) is 5.27. The molecule has 1 amide bonds. The fraction of sp³-hybridized carbons (Fsp3) is 0.324. The monoisotopic (exact) mass is 768 g/mol. The van der Waals surface area contributed by atoms with Crippen molar-refractivity contribution < 1.29 is 49.8 Å². The van der Waals surface area contributed by atoms with Crippen molar-refractivity contribution >= 4 is 33.2 Å². The normalized spacial score (nSPS) is 13.7. The van der Waals surface area contributed by atoms with Crippen LogP contribution in [0.5, 0.6) is 0 Å². The van der Waals surface area contributed by atoms with Crippen molar-refractivity contribution in [3.05, 3.63) is 128 Å². The lowest BCUT2D eigenvalue weighted by Crippen LogP contribution is -2.43. The molecule has 0 aliphatic heterocycles. The van der Waals surface area contributed by atoms with Crippen molar-refractivity contribution in [1.82, 2.24) is 4.31 Å². The molecule has 0 atom stereocenters. The average Bonchev–Trinajstić information content (AvgIpc) is 3.91. The number of rotatable bonds is 11. The summed E-state index contributed by atoms with van der Waals surface area (Å²) >= 11 is 6.15. The Balaban J connectivity index is 1.65. The number of aliphatic hydroxyl groups is 2. The quantitative estimate of drug-likeness (QED) is 0.0697. The standard InChI is InChI=1S/C37H35ClF6N2O5S/c1-19-11-22(36(48)49)8-10-28(19)46(16-20-12-24(21-5-6-21)14-25(13-20)37(2,3)4)29(47)18-45(17-23-7-9-26(39)15-27(23)38)52(50,51)35-33(43)31(41)30(40)32(42)34(35)44/h7-15,21,36,48-49H,5-6,16-18H2,1-4H3. The van der Waals surface area contributed by atoms with Crippen molar-refractivity contribution in [3.8, 4) is 0 Å². The van der Waals surface area contributed by atoms with Gasteiger partial charge in [-0.1, -0.05) is 62.7 Å². The van der Waals surface area contributed by atoms with E-state index in [0.29, 0.717) is 17.0 Å². The summed E-state index contributed by atoms with van der Waals surface area (Å²) in [5.74, 6) is -14.4. The van der Waals surface area contributed by atoms with Gasteiger partial charge in [0.2, 0.25) is 21.7 Å². The molecule has 0 aromatic heterocycles. The van der Waals surface area contributed by atoms with Crippen LogP contribution >= 0.6 is 11.6 Å². The van der Waals surface area contributed by atoms with E-state index in [0.717, 1.165) is 42.2 Å². The third kappa shape index (κ3) is 8.16. The number of benzene rings is 4. The largest absolute Gasteiger partial charge is 0.364 e. The van der Waals surface area contributed by atoms with E-state index in [9.17, 15) is 41.0 Å². The first kappa shape index (κ1) is 39.3. The van der Waals surface area contributed by atoms with E-state index >= 15 is 8.78 Å². The molecule has 15 heteroatoms. The molecule has 0 unspecified atom stereocenters. The van der Waals surface area contributed by atoms with Crippen LogP contribution in [-0.2, 0) is 33.3 Å². The molecule has 5 rings (SSSR count). The van der Waals surface area contributed by atoms with Crippen LogP contribution < -0.4 is 4.90 Å². The van der Waals surface area contributed by atoms with Gasteiger partial charge in [-0.05, 0) is 83.2 Å². The van der Waals surface area contributed by atoms with Gasteiger partial charge in [0, 0.05) is 22.8 Å². The number of hydrogen-bond donors (Lipinski definition) is 2. The summed E-state index contributed by atoms with van der Waals surface area (Å²) in [7, 11) is -5.73. The second-order valence-corrected chi connectivity index (χ2v) is 16.1. The van der Waals surface area contributed by atoms with E-state index in [-0.39, 0.29) is 38.1 Å². The van der Waals surface area contributed by atoms with Gasteiger partial charge in [-0.2, -0.15) is 4.31 Å². The molecular weight excluding hydrogens is 734 g/mol. The molecule has 0 saturated heterocycles. The van der Waals surface area contributed by atoms with Crippen molar-refractivity contribution in [3.63, 3.8) is 0 Å². The van der Waals surface area contributed by atoms with Crippen LogP contribution in [0.2, 0.25) is 5.02 Å². The van der Waals surface area contributed by atoms with Gasteiger partial charge in [0.25, 0.3) is 0 Å². The zero-order valence-electron chi connectivity index (χ0n) is 28.5. The van der Waals surface area contributed by atoms with Gasteiger partial charge in [0.15, 0.2) is 34.5 Å². The number of halogens is 7. The smallest absolute Gasteiger partial charge is 0.249 e. The van der Waals surface area contributed by atoms with Gasteiger partial charge in [-0.15, -0.1) is 0 Å². The summed E-state index contributed by atoms with van der Waals surface area (Å²) in [5, 5.41) is 19.1. The van der Waals surface area contributed by atoms with E-state index in [1.54, 1.807) is 6.92 Å². The fourth-order valence-electron chi connectivity index (χ4n) is 5.77. The first-order valence-electron chi connectivity index (χ1n) is 16.1.